The lowest BCUT2D eigenvalue weighted by Gasteiger charge is -2.52. The normalized spacial score (nSPS) is 18.9. The molecule has 2 aromatic carbocycles. The largest absolute Gasteiger partial charge is 0.480 e. The predicted molar refractivity (Wildman–Crippen MR) is 125 cm³/mol. The van der Waals surface area contributed by atoms with Crippen molar-refractivity contribution >= 4 is 18.0 Å². The molecule has 2 unspecified atom stereocenters. The molecule has 2 aliphatic rings. The number of hydrogen-bond acceptors (Lipinski definition) is 5. The number of methoxy groups -OCH3 is 1. The molecule has 1 aliphatic carbocycles. The molecule has 8 heteroatoms. The average molecular weight is 467 g/mol. The van der Waals surface area contributed by atoms with E-state index in [4.69, 9.17) is 9.47 Å². The van der Waals surface area contributed by atoms with E-state index in [1.165, 1.54) is 12.0 Å². The second-order valence-corrected chi connectivity index (χ2v) is 9.50. The van der Waals surface area contributed by atoms with Crippen molar-refractivity contribution in [2.75, 3.05) is 26.9 Å². The maximum atomic E-state index is 13.1. The first-order chi connectivity index (χ1) is 16.2. The van der Waals surface area contributed by atoms with Crippen LogP contribution in [0, 0.1) is 5.41 Å². The lowest BCUT2D eigenvalue weighted by molar-refractivity contribution is -0.173. The van der Waals surface area contributed by atoms with Gasteiger partial charge in [0.2, 0.25) is 5.91 Å². The zero-order valence-corrected chi connectivity index (χ0v) is 19.6. The topological polar surface area (TPSA) is 105 Å². The SMILES string of the molecule is COCCC(NC(=O)OCC1c2ccccc2-c2ccccc21)C(=O)N1CC(C)(C)C1C(=O)O. The van der Waals surface area contributed by atoms with Crippen LogP contribution in [0.15, 0.2) is 48.5 Å². The van der Waals surface area contributed by atoms with Crippen LogP contribution in [0.25, 0.3) is 11.1 Å². The molecule has 1 heterocycles. The summed E-state index contributed by atoms with van der Waals surface area (Å²) in [5.74, 6) is -1.60. The van der Waals surface area contributed by atoms with Crippen LogP contribution in [0.1, 0.15) is 37.3 Å². The van der Waals surface area contributed by atoms with Crippen molar-refractivity contribution < 1.29 is 29.0 Å². The van der Waals surface area contributed by atoms with Gasteiger partial charge in [0.05, 0.1) is 0 Å². The van der Waals surface area contributed by atoms with Gasteiger partial charge in [0.1, 0.15) is 18.7 Å². The van der Waals surface area contributed by atoms with E-state index in [9.17, 15) is 19.5 Å². The van der Waals surface area contributed by atoms with Gasteiger partial charge in [-0.1, -0.05) is 62.4 Å². The molecule has 0 bridgehead atoms. The molecule has 2 N–H and O–H groups in total. The Bertz CT molecular complexity index is 1050. The molecule has 1 fully saturated rings. The minimum absolute atomic E-state index is 0.0983. The number of nitrogens with one attached hydrogen (secondary N) is 1. The molecule has 0 saturated carbocycles. The summed E-state index contributed by atoms with van der Waals surface area (Å²) in [5, 5.41) is 12.2. The summed E-state index contributed by atoms with van der Waals surface area (Å²) in [6.07, 6.45) is -0.508. The number of ether oxygens (including phenoxy) is 2. The first-order valence-corrected chi connectivity index (χ1v) is 11.4. The van der Waals surface area contributed by atoms with Gasteiger partial charge in [0.25, 0.3) is 0 Å². The Kier molecular flexibility index (Phi) is 6.61. The predicted octanol–water partition coefficient (Wildman–Crippen LogP) is 3.25. The number of likely N-dealkylation sites (tertiary alicyclic amines) is 1. The second-order valence-electron chi connectivity index (χ2n) is 9.50. The van der Waals surface area contributed by atoms with Crippen molar-refractivity contribution in [1.29, 1.82) is 0 Å². The molecule has 2 amide bonds. The summed E-state index contributed by atoms with van der Waals surface area (Å²) in [5.41, 5.74) is 3.91. The Morgan fingerprint density at radius 3 is 2.21 bits per heavy atom. The Morgan fingerprint density at radius 2 is 1.68 bits per heavy atom. The van der Waals surface area contributed by atoms with Crippen LogP contribution < -0.4 is 5.32 Å². The van der Waals surface area contributed by atoms with Crippen molar-refractivity contribution in [3.8, 4) is 11.1 Å². The number of nitrogens with zero attached hydrogens (tertiary/aromatic N) is 1. The highest BCUT2D eigenvalue weighted by molar-refractivity contribution is 5.91. The number of amides is 2. The van der Waals surface area contributed by atoms with Crippen LogP contribution >= 0.6 is 0 Å². The van der Waals surface area contributed by atoms with E-state index in [0.717, 1.165) is 22.3 Å². The highest BCUT2D eigenvalue weighted by atomic mass is 16.5. The highest BCUT2D eigenvalue weighted by Crippen LogP contribution is 2.44. The molecule has 1 aliphatic heterocycles. The molecular weight excluding hydrogens is 436 g/mol. The van der Waals surface area contributed by atoms with Crippen molar-refractivity contribution in [2.24, 2.45) is 5.41 Å². The molecule has 0 aromatic heterocycles. The number of carbonyl (C=O) groups excluding carboxylic acids is 2. The van der Waals surface area contributed by atoms with Gasteiger partial charge in [0.15, 0.2) is 0 Å². The minimum atomic E-state index is -1.06. The number of carboxylic acid groups (broad SMARTS) is 1. The molecular formula is C26H30N2O6. The Hall–Kier alpha value is -3.39. The van der Waals surface area contributed by atoms with Crippen LogP contribution in [0.2, 0.25) is 0 Å². The van der Waals surface area contributed by atoms with Gasteiger partial charge in [-0.25, -0.2) is 9.59 Å². The van der Waals surface area contributed by atoms with Gasteiger partial charge in [-0.05, 0) is 22.3 Å². The smallest absolute Gasteiger partial charge is 0.407 e. The average Bonchev–Trinajstić information content (AvgIpc) is 3.12. The Morgan fingerprint density at radius 1 is 1.09 bits per heavy atom. The lowest BCUT2D eigenvalue weighted by Crippen LogP contribution is -2.69. The molecule has 2 atom stereocenters. The molecule has 2 aromatic rings. The lowest BCUT2D eigenvalue weighted by atomic mass is 9.74. The third-order valence-electron chi connectivity index (χ3n) is 6.69. The standard InChI is InChI=1S/C26H30N2O6/c1-26(2)15-28(22(26)24(30)31)23(29)21(12-13-33-3)27-25(32)34-14-20-18-10-6-4-8-16(18)17-9-5-7-11-19(17)20/h4-11,20-22H,12-15H2,1-3H3,(H,27,32)(H,30,31). The van der Waals surface area contributed by atoms with E-state index in [1.807, 2.05) is 36.4 Å². The Balaban J connectivity index is 1.43. The summed E-state index contributed by atoms with van der Waals surface area (Å²) in [7, 11) is 1.50. The van der Waals surface area contributed by atoms with E-state index >= 15 is 0 Å². The molecule has 8 nitrogen and oxygen atoms in total. The Labute approximate surface area is 198 Å². The fourth-order valence-corrected chi connectivity index (χ4v) is 5.07. The van der Waals surface area contributed by atoms with Gasteiger partial charge in [-0.2, -0.15) is 0 Å². The number of benzene rings is 2. The van der Waals surface area contributed by atoms with Crippen molar-refractivity contribution in [3.05, 3.63) is 59.7 Å². The maximum absolute atomic E-state index is 13.1. The maximum Gasteiger partial charge on any atom is 0.407 e. The van der Waals surface area contributed by atoms with Crippen molar-refractivity contribution in [3.63, 3.8) is 0 Å². The monoisotopic (exact) mass is 466 g/mol. The fourth-order valence-electron chi connectivity index (χ4n) is 5.07. The zero-order valence-electron chi connectivity index (χ0n) is 19.6. The molecule has 0 radical (unpaired) electrons. The van der Waals surface area contributed by atoms with Gasteiger partial charge in [0, 0.05) is 38.0 Å². The van der Waals surface area contributed by atoms with Gasteiger partial charge in [-0.3, -0.25) is 4.79 Å². The summed E-state index contributed by atoms with van der Waals surface area (Å²) in [4.78, 5) is 38.8. The number of alkyl carbamates (subject to hydrolysis) is 1. The molecule has 180 valence electrons. The summed E-state index contributed by atoms with van der Waals surface area (Å²) >= 11 is 0. The van der Waals surface area contributed by atoms with E-state index in [0.29, 0.717) is 6.54 Å². The number of hydrogen-bond donors (Lipinski definition) is 2. The number of rotatable bonds is 8. The second kappa shape index (κ2) is 9.46. The number of aliphatic carboxylic acids is 1. The molecule has 4 rings (SSSR count). The third-order valence-corrected chi connectivity index (χ3v) is 6.69. The van der Waals surface area contributed by atoms with E-state index < -0.39 is 35.5 Å². The van der Waals surface area contributed by atoms with Gasteiger partial charge in [-0.15, -0.1) is 0 Å². The van der Waals surface area contributed by atoms with Crippen molar-refractivity contribution in [2.45, 2.75) is 38.3 Å². The number of carboxylic acids is 1. The van der Waals surface area contributed by atoms with E-state index in [2.05, 4.69) is 17.4 Å². The first kappa shape index (κ1) is 23.8. The highest BCUT2D eigenvalue weighted by Gasteiger charge is 2.53. The van der Waals surface area contributed by atoms with E-state index in [1.54, 1.807) is 13.8 Å². The van der Waals surface area contributed by atoms with Gasteiger partial charge < -0.3 is 24.8 Å². The summed E-state index contributed by atoms with van der Waals surface area (Å²) < 4.78 is 10.7. The third kappa shape index (κ3) is 4.37. The van der Waals surface area contributed by atoms with Crippen LogP contribution in [-0.4, -0.2) is 66.9 Å². The molecule has 0 spiro atoms. The quantitative estimate of drug-likeness (QED) is 0.619. The van der Waals surface area contributed by atoms with Crippen LogP contribution in [-0.2, 0) is 19.1 Å². The van der Waals surface area contributed by atoms with Crippen LogP contribution in [0.5, 0.6) is 0 Å². The van der Waals surface area contributed by atoms with Crippen LogP contribution in [0.3, 0.4) is 0 Å². The number of fused-ring (bicyclic) bond motifs is 3. The number of carbonyl (C=O) groups is 3. The first-order valence-electron chi connectivity index (χ1n) is 11.4. The van der Waals surface area contributed by atoms with Crippen LogP contribution in [0.4, 0.5) is 4.79 Å². The van der Waals surface area contributed by atoms with Crippen molar-refractivity contribution in [1.82, 2.24) is 10.2 Å². The summed E-state index contributed by atoms with van der Waals surface area (Å²) in [6.45, 7) is 4.27. The zero-order chi connectivity index (χ0) is 24.5. The molecule has 1 saturated heterocycles. The molecule has 34 heavy (non-hydrogen) atoms. The fraction of sp³-hybridized carbons (Fsp3) is 0.423. The minimum Gasteiger partial charge on any atom is -0.480 e. The van der Waals surface area contributed by atoms with E-state index in [-0.39, 0.29) is 25.6 Å². The van der Waals surface area contributed by atoms with Gasteiger partial charge >= 0.3 is 12.1 Å². The summed E-state index contributed by atoms with van der Waals surface area (Å²) in [6, 6.07) is 14.2.